The number of nitrogens with zero attached hydrogens (tertiary/aromatic N) is 3. The van der Waals surface area contributed by atoms with Gasteiger partial charge in [-0.2, -0.15) is 0 Å². The summed E-state index contributed by atoms with van der Waals surface area (Å²) in [7, 11) is 1.86. The molecule has 0 aliphatic heterocycles. The minimum Gasteiger partial charge on any atom is -0.349 e. The van der Waals surface area contributed by atoms with Crippen molar-refractivity contribution in [2.45, 2.75) is 37.2 Å². The Morgan fingerprint density at radius 2 is 1.91 bits per heavy atom. The fraction of sp³-hybridized carbons (Fsp3) is 0.400. The molecule has 22 heavy (non-hydrogen) atoms. The van der Waals surface area contributed by atoms with E-state index >= 15 is 0 Å². The van der Waals surface area contributed by atoms with Crippen molar-refractivity contribution in [2.24, 2.45) is 7.05 Å². The maximum Gasteiger partial charge on any atom is 0.233 e. The predicted octanol–water partition coefficient (Wildman–Crippen LogP) is 2.62. The smallest absolute Gasteiger partial charge is 0.233 e. The van der Waals surface area contributed by atoms with Crippen molar-refractivity contribution < 1.29 is 9.18 Å². The van der Waals surface area contributed by atoms with Crippen molar-refractivity contribution in [3.63, 3.8) is 0 Å². The Hall–Kier alpha value is -1.89. The highest BCUT2D eigenvalue weighted by molar-refractivity contribution is 8.00. The molecule has 1 heterocycles. The Balaban J connectivity index is 1.96. The molecule has 0 fully saturated rings. The zero-order chi connectivity index (χ0) is 16.3. The zero-order valence-electron chi connectivity index (χ0n) is 13.0. The first kappa shape index (κ1) is 16.5. The van der Waals surface area contributed by atoms with Gasteiger partial charge >= 0.3 is 0 Å². The number of nitrogens with one attached hydrogen (secondary N) is 1. The van der Waals surface area contributed by atoms with Crippen LogP contribution in [0, 0.1) is 12.7 Å². The second kappa shape index (κ2) is 6.91. The third-order valence-electron chi connectivity index (χ3n) is 3.43. The topological polar surface area (TPSA) is 59.8 Å². The van der Waals surface area contributed by atoms with Crippen LogP contribution in [-0.2, 0) is 11.8 Å². The molecule has 0 spiro atoms. The van der Waals surface area contributed by atoms with Gasteiger partial charge in [-0.05, 0) is 38.5 Å². The summed E-state index contributed by atoms with van der Waals surface area (Å²) in [5, 5.41) is 11.3. The number of thioether (sulfide) groups is 1. The Morgan fingerprint density at radius 1 is 1.27 bits per heavy atom. The van der Waals surface area contributed by atoms with E-state index in [0.717, 1.165) is 11.4 Å². The molecule has 0 saturated heterocycles. The largest absolute Gasteiger partial charge is 0.349 e. The predicted molar refractivity (Wildman–Crippen MR) is 84.0 cm³/mol. The van der Waals surface area contributed by atoms with Crippen molar-refractivity contribution >= 4 is 17.7 Å². The maximum atomic E-state index is 12.9. The minimum atomic E-state index is -0.301. The van der Waals surface area contributed by atoms with Crippen LogP contribution in [0.15, 0.2) is 29.4 Å². The molecule has 0 saturated carbocycles. The first-order chi connectivity index (χ1) is 10.4. The lowest BCUT2D eigenvalue weighted by molar-refractivity contribution is -0.120. The second-order valence-corrected chi connectivity index (χ2v) is 6.44. The Kier molecular flexibility index (Phi) is 5.18. The summed E-state index contributed by atoms with van der Waals surface area (Å²) in [6, 6.07) is 5.93. The van der Waals surface area contributed by atoms with Gasteiger partial charge in [0.2, 0.25) is 5.91 Å². The van der Waals surface area contributed by atoms with Crippen LogP contribution in [-0.4, -0.2) is 25.9 Å². The number of benzene rings is 1. The lowest BCUT2D eigenvalue weighted by Crippen LogP contribution is -2.33. The van der Waals surface area contributed by atoms with Crippen molar-refractivity contribution in [1.29, 1.82) is 0 Å². The van der Waals surface area contributed by atoms with Crippen molar-refractivity contribution in [3.05, 3.63) is 41.5 Å². The average molecular weight is 322 g/mol. The molecule has 1 N–H and O–H groups in total. The van der Waals surface area contributed by atoms with E-state index in [1.807, 2.05) is 32.4 Å². The molecular weight excluding hydrogens is 303 g/mol. The number of hydrogen-bond donors (Lipinski definition) is 1. The molecular formula is C15H19FN4OS. The summed E-state index contributed by atoms with van der Waals surface area (Å²) in [4.78, 5) is 12.3. The molecule has 7 heteroatoms. The van der Waals surface area contributed by atoms with E-state index in [2.05, 4.69) is 15.5 Å². The third kappa shape index (κ3) is 3.85. The van der Waals surface area contributed by atoms with Gasteiger partial charge in [-0.3, -0.25) is 4.79 Å². The molecule has 5 nitrogen and oxygen atoms in total. The summed E-state index contributed by atoms with van der Waals surface area (Å²) in [5.41, 5.74) is 0.862. The van der Waals surface area contributed by atoms with Crippen LogP contribution in [0.2, 0.25) is 0 Å². The van der Waals surface area contributed by atoms with Crippen LogP contribution in [0.1, 0.15) is 31.3 Å². The lowest BCUT2D eigenvalue weighted by Gasteiger charge is -2.17. The highest BCUT2D eigenvalue weighted by Gasteiger charge is 2.20. The third-order valence-corrected chi connectivity index (χ3v) is 4.57. The summed E-state index contributed by atoms with van der Waals surface area (Å²) in [6.07, 6.45) is 0. The zero-order valence-corrected chi connectivity index (χ0v) is 13.8. The number of hydrogen-bond acceptors (Lipinski definition) is 4. The van der Waals surface area contributed by atoms with Crippen LogP contribution in [0.4, 0.5) is 4.39 Å². The van der Waals surface area contributed by atoms with Gasteiger partial charge in [-0.15, -0.1) is 10.2 Å². The van der Waals surface area contributed by atoms with E-state index in [1.54, 1.807) is 12.1 Å². The van der Waals surface area contributed by atoms with E-state index in [4.69, 9.17) is 0 Å². The number of halogens is 1. The summed E-state index contributed by atoms with van der Waals surface area (Å²) >= 11 is 1.36. The van der Waals surface area contributed by atoms with Gasteiger partial charge in [0.1, 0.15) is 11.6 Å². The summed E-state index contributed by atoms with van der Waals surface area (Å²) in [6.45, 7) is 5.55. The minimum absolute atomic E-state index is 0.0949. The number of aromatic nitrogens is 3. The average Bonchev–Trinajstić information content (AvgIpc) is 2.79. The quantitative estimate of drug-likeness (QED) is 0.860. The molecule has 118 valence electrons. The van der Waals surface area contributed by atoms with E-state index in [0.29, 0.717) is 5.16 Å². The van der Waals surface area contributed by atoms with Gasteiger partial charge in [0.15, 0.2) is 5.16 Å². The molecule has 2 rings (SSSR count). The van der Waals surface area contributed by atoms with Crippen LogP contribution >= 0.6 is 11.8 Å². The van der Waals surface area contributed by atoms with Gasteiger partial charge in [0.05, 0.1) is 11.3 Å². The van der Waals surface area contributed by atoms with Gasteiger partial charge in [0, 0.05) is 7.05 Å². The number of carbonyl (C=O) groups excluding carboxylic acids is 1. The van der Waals surface area contributed by atoms with Gasteiger partial charge in [-0.25, -0.2) is 4.39 Å². The van der Waals surface area contributed by atoms with Crippen LogP contribution in [0.25, 0.3) is 0 Å². The molecule has 0 radical (unpaired) electrons. The normalized spacial score (nSPS) is 13.7. The first-order valence-corrected chi connectivity index (χ1v) is 7.85. The fourth-order valence-electron chi connectivity index (χ4n) is 1.87. The Labute approximate surface area is 133 Å². The molecule has 0 aliphatic carbocycles. The molecule has 1 aromatic carbocycles. The molecule has 1 amide bonds. The molecule has 1 aromatic heterocycles. The number of aryl methyl sites for hydroxylation is 1. The summed E-state index contributed by atoms with van der Waals surface area (Å²) in [5.74, 6) is 0.418. The first-order valence-electron chi connectivity index (χ1n) is 6.97. The second-order valence-electron chi connectivity index (χ2n) is 5.13. The molecule has 0 unspecified atom stereocenters. The van der Waals surface area contributed by atoms with E-state index in [1.165, 1.54) is 23.9 Å². The van der Waals surface area contributed by atoms with Crippen molar-refractivity contribution in [1.82, 2.24) is 20.1 Å². The SMILES string of the molecule is Cc1nnc(S[C@@H](C)C(=O)N[C@@H](C)c2ccc(F)cc2)n1C. The number of carbonyl (C=O) groups is 1. The molecule has 0 aliphatic rings. The van der Waals surface area contributed by atoms with Crippen LogP contribution < -0.4 is 5.32 Å². The molecule has 0 bridgehead atoms. The van der Waals surface area contributed by atoms with Gasteiger partial charge in [-0.1, -0.05) is 23.9 Å². The monoisotopic (exact) mass is 322 g/mol. The van der Waals surface area contributed by atoms with Crippen LogP contribution in [0.5, 0.6) is 0 Å². The highest BCUT2D eigenvalue weighted by atomic mass is 32.2. The van der Waals surface area contributed by atoms with Crippen molar-refractivity contribution in [3.8, 4) is 0 Å². The highest BCUT2D eigenvalue weighted by Crippen LogP contribution is 2.22. The lowest BCUT2D eigenvalue weighted by atomic mass is 10.1. The summed E-state index contributed by atoms with van der Waals surface area (Å²) < 4.78 is 14.8. The van der Waals surface area contributed by atoms with E-state index in [-0.39, 0.29) is 23.0 Å². The Morgan fingerprint density at radius 3 is 2.45 bits per heavy atom. The van der Waals surface area contributed by atoms with Crippen LogP contribution in [0.3, 0.4) is 0 Å². The van der Waals surface area contributed by atoms with Crippen molar-refractivity contribution in [2.75, 3.05) is 0 Å². The van der Waals surface area contributed by atoms with Gasteiger partial charge in [0.25, 0.3) is 0 Å². The fourth-order valence-corrected chi connectivity index (χ4v) is 2.74. The standard InChI is InChI=1S/C15H19FN4OS/c1-9(12-5-7-13(16)8-6-12)17-14(21)10(2)22-15-19-18-11(3)20(15)4/h5-10H,1-4H3,(H,17,21)/t9-,10-/m0/s1. The number of rotatable bonds is 5. The maximum absolute atomic E-state index is 12.9. The Bertz CT molecular complexity index is 656. The number of amides is 1. The molecule has 2 atom stereocenters. The van der Waals surface area contributed by atoms with E-state index in [9.17, 15) is 9.18 Å². The molecule has 2 aromatic rings. The van der Waals surface area contributed by atoms with E-state index < -0.39 is 0 Å². The van der Waals surface area contributed by atoms with Gasteiger partial charge < -0.3 is 9.88 Å².